The van der Waals surface area contributed by atoms with Crippen LogP contribution >= 0.6 is 0 Å². The maximum absolute atomic E-state index is 5.61. The molecule has 2 rings (SSSR count). The molecule has 0 atom stereocenters. The Morgan fingerprint density at radius 1 is 1.00 bits per heavy atom. The topological polar surface area (TPSA) is 21.3 Å². The van der Waals surface area contributed by atoms with Crippen LogP contribution in [0.3, 0.4) is 0 Å². The summed E-state index contributed by atoms with van der Waals surface area (Å²) in [5.74, 6) is 0.911. The first-order chi connectivity index (χ1) is 9.20. The lowest BCUT2D eigenvalue weighted by molar-refractivity contribution is 0.341. The molecule has 0 unspecified atom stereocenters. The Hall–Kier alpha value is -1.96. The standard InChI is InChI=1S/C17H21NO/c1-4-19-17-8-6-5-7-16(17)18-12-15-10-9-13(2)14(3)11-15/h5-11,18H,4,12H2,1-3H3. The molecule has 2 nitrogen and oxygen atoms in total. The Labute approximate surface area is 115 Å². The molecule has 0 saturated carbocycles. The summed E-state index contributed by atoms with van der Waals surface area (Å²) in [6, 6.07) is 14.6. The third kappa shape index (κ3) is 3.50. The summed E-state index contributed by atoms with van der Waals surface area (Å²) in [4.78, 5) is 0. The summed E-state index contributed by atoms with van der Waals surface area (Å²) in [5, 5.41) is 3.44. The van der Waals surface area contributed by atoms with Crippen molar-refractivity contribution in [1.82, 2.24) is 0 Å². The Kier molecular flexibility index (Phi) is 4.45. The number of benzene rings is 2. The Morgan fingerprint density at radius 3 is 2.53 bits per heavy atom. The van der Waals surface area contributed by atoms with Gasteiger partial charge in [-0.1, -0.05) is 30.3 Å². The SMILES string of the molecule is CCOc1ccccc1NCc1ccc(C)c(C)c1. The van der Waals surface area contributed by atoms with Crippen molar-refractivity contribution in [2.75, 3.05) is 11.9 Å². The predicted molar refractivity (Wildman–Crippen MR) is 80.9 cm³/mol. The lowest BCUT2D eigenvalue weighted by Crippen LogP contribution is -2.03. The fraction of sp³-hybridized carbons (Fsp3) is 0.294. The molecular formula is C17H21NO. The van der Waals surface area contributed by atoms with Crippen LogP contribution in [0.4, 0.5) is 5.69 Å². The lowest BCUT2D eigenvalue weighted by atomic mass is 10.1. The van der Waals surface area contributed by atoms with E-state index in [9.17, 15) is 0 Å². The molecule has 0 aliphatic rings. The molecule has 0 aliphatic carbocycles. The molecule has 0 amide bonds. The van der Waals surface area contributed by atoms with Gasteiger partial charge in [0.05, 0.1) is 12.3 Å². The van der Waals surface area contributed by atoms with Gasteiger partial charge in [-0.2, -0.15) is 0 Å². The zero-order chi connectivity index (χ0) is 13.7. The highest BCUT2D eigenvalue weighted by Crippen LogP contribution is 2.24. The van der Waals surface area contributed by atoms with Gasteiger partial charge in [0.2, 0.25) is 0 Å². The number of aryl methyl sites for hydroxylation is 2. The maximum Gasteiger partial charge on any atom is 0.142 e. The highest BCUT2D eigenvalue weighted by Gasteiger charge is 2.02. The fourth-order valence-electron chi connectivity index (χ4n) is 2.00. The van der Waals surface area contributed by atoms with Crippen LogP contribution in [-0.4, -0.2) is 6.61 Å². The van der Waals surface area contributed by atoms with E-state index in [4.69, 9.17) is 4.74 Å². The van der Waals surface area contributed by atoms with Crippen LogP contribution in [0.25, 0.3) is 0 Å². The van der Waals surface area contributed by atoms with E-state index in [-0.39, 0.29) is 0 Å². The molecule has 2 aromatic rings. The zero-order valence-corrected chi connectivity index (χ0v) is 11.9. The monoisotopic (exact) mass is 255 g/mol. The number of rotatable bonds is 5. The van der Waals surface area contributed by atoms with Gasteiger partial charge < -0.3 is 10.1 Å². The molecule has 0 heterocycles. The van der Waals surface area contributed by atoms with E-state index in [2.05, 4.69) is 37.4 Å². The van der Waals surface area contributed by atoms with Crippen molar-refractivity contribution in [3.8, 4) is 5.75 Å². The molecule has 1 N–H and O–H groups in total. The summed E-state index contributed by atoms with van der Waals surface area (Å²) in [7, 11) is 0. The van der Waals surface area contributed by atoms with Crippen LogP contribution in [-0.2, 0) is 6.54 Å². The molecule has 2 heteroatoms. The predicted octanol–water partition coefficient (Wildman–Crippen LogP) is 4.31. The van der Waals surface area contributed by atoms with Crippen LogP contribution in [0.5, 0.6) is 5.75 Å². The lowest BCUT2D eigenvalue weighted by Gasteiger charge is -2.12. The molecule has 0 spiro atoms. The molecule has 0 aliphatic heterocycles. The van der Waals surface area contributed by atoms with Gasteiger partial charge in [0, 0.05) is 6.54 Å². The van der Waals surface area contributed by atoms with Gasteiger partial charge in [0.25, 0.3) is 0 Å². The van der Waals surface area contributed by atoms with E-state index in [1.54, 1.807) is 0 Å². The summed E-state index contributed by atoms with van der Waals surface area (Å²) < 4.78 is 5.61. The van der Waals surface area contributed by atoms with Crippen molar-refractivity contribution in [3.63, 3.8) is 0 Å². The van der Waals surface area contributed by atoms with Crippen LogP contribution in [0, 0.1) is 13.8 Å². The van der Waals surface area contributed by atoms with Crippen LogP contribution in [0.15, 0.2) is 42.5 Å². The summed E-state index contributed by atoms with van der Waals surface area (Å²) in [6.45, 7) is 7.78. The van der Waals surface area contributed by atoms with Gasteiger partial charge in [-0.25, -0.2) is 0 Å². The number of para-hydroxylation sites is 2. The average molecular weight is 255 g/mol. The summed E-state index contributed by atoms with van der Waals surface area (Å²) >= 11 is 0. The smallest absolute Gasteiger partial charge is 0.142 e. The highest BCUT2D eigenvalue weighted by molar-refractivity contribution is 5.56. The van der Waals surface area contributed by atoms with E-state index < -0.39 is 0 Å². The normalized spacial score (nSPS) is 10.3. The second-order valence-electron chi connectivity index (χ2n) is 4.70. The molecule has 0 saturated heterocycles. The molecule has 19 heavy (non-hydrogen) atoms. The first-order valence-electron chi connectivity index (χ1n) is 6.72. The second kappa shape index (κ2) is 6.28. The number of ether oxygens (including phenoxy) is 1. The number of hydrogen-bond acceptors (Lipinski definition) is 2. The van der Waals surface area contributed by atoms with Crippen molar-refractivity contribution in [3.05, 3.63) is 59.2 Å². The third-order valence-electron chi connectivity index (χ3n) is 3.24. The van der Waals surface area contributed by atoms with Gasteiger partial charge in [0.15, 0.2) is 0 Å². The molecule has 100 valence electrons. The first-order valence-corrected chi connectivity index (χ1v) is 6.72. The van der Waals surface area contributed by atoms with Crippen LogP contribution < -0.4 is 10.1 Å². The number of nitrogens with one attached hydrogen (secondary N) is 1. The minimum absolute atomic E-state index is 0.683. The molecule has 0 aromatic heterocycles. The zero-order valence-electron chi connectivity index (χ0n) is 11.9. The molecule has 0 radical (unpaired) electrons. The van der Waals surface area contributed by atoms with E-state index in [0.29, 0.717) is 6.61 Å². The minimum Gasteiger partial charge on any atom is -0.492 e. The Morgan fingerprint density at radius 2 is 1.79 bits per heavy atom. The maximum atomic E-state index is 5.61. The van der Waals surface area contributed by atoms with Crippen LogP contribution in [0.1, 0.15) is 23.6 Å². The van der Waals surface area contributed by atoms with Gasteiger partial charge in [-0.05, 0) is 49.6 Å². The molecular weight excluding hydrogens is 234 g/mol. The Bertz CT molecular complexity index is 549. The van der Waals surface area contributed by atoms with E-state index in [1.165, 1.54) is 16.7 Å². The highest BCUT2D eigenvalue weighted by atomic mass is 16.5. The van der Waals surface area contributed by atoms with Gasteiger partial charge in [-0.15, -0.1) is 0 Å². The van der Waals surface area contributed by atoms with Gasteiger partial charge >= 0.3 is 0 Å². The van der Waals surface area contributed by atoms with E-state index in [0.717, 1.165) is 18.0 Å². The molecule has 0 bridgehead atoms. The van der Waals surface area contributed by atoms with E-state index in [1.807, 2.05) is 31.2 Å². The van der Waals surface area contributed by atoms with Gasteiger partial charge in [-0.3, -0.25) is 0 Å². The molecule has 0 fully saturated rings. The second-order valence-corrected chi connectivity index (χ2v) is 4.70. The van der Waals surface area contributed by atoms with Crippen molar-refractivity contribution in [2.45, 2.75) is 27.3 Å². The van der Waals surface area contributed by atoms with Crippen LogP contribution in [0.2, 0.25) is 0 Å². The minimum atomic E-state index is 0.683. The largest absolute Gasteiger partial charge is 0.492 e. The quantitative estimate of drug-likeness (QED) is 0.859. The number of hydrogen-bond donors (Lipinski definition) is 1. The van der Waals surface area contributed by atoms with Crippen molar-refractivity contribution >= 4 is 5.69 Å². The summed E-state index contributed by atoms with van der Waals surface area (Å²) in [6.07, 6.45) is 0. The first kappa shape index (κ1) is 13.5. The van der Waals surface area contributed by atoms with Crippen molar-refractivity contribution in [1.29, 1.82) is 0 Å². The van der Waals surface area contributed by atoms with Crippen molar-refractivity contribution in [2.24, 2.45) is 0 Å². The average Bonchev–Trinajstić information content (AvgIpc) is 2.42. The van der Waals surface area contributed by atoms with E-state index >= 15 is 0 Å². The fourth-order valence-corrected chi connectivity index (χ4v) is 2.00. The molecule has 2 aromatic carbocycles. The number of anilines is 1. The van der Waals surface area contributed by atoms with Gasteiger partial charge in [0.1, 0.15) is 5.75 Å². The third-order valence-corrected chi connectivity index (χ3v) is 3.24. The Balaban J connectivity index is 2.07. The van der Waals surface area contributed by atoms with Crippen molar-refractivity contribution < 1.29 is 4.74 Å². The summed E-state index contributed by atoms with van der Waals surface area (Å²) in [5.41, 5.74) is 4.99.